The lowest BCUT2D eigenvalue weighted by Crippen LogP contribution is -2.47. The topological polar surface area (TPSA) is 60.8 Å². The van der Waals surface area contributed by atoms with Gasteiger partial charge in [0.25, 0.3) is 5.91 Å². The first-order valence-corrected chi connectivity index (χ1v) is 5.55. The molecule has 2 N–H and O–H groups in total. The number of likely N-dealkylation sites (N-methyl/N-ethyl adjacent to an activating group) is 1. The van der Waals surface area contributed by atoms with Gasteiger partial charge in [-0.3, -0.25) is 4.79 Å². The maximum atomic E-state index is 12.1. The number of aliphatic hydroxyl groups excluding tert-OH is 1. The van der Waals surface area contributed by atoms with Gasteiger partial charge in [0, 0.05) is 7.05 Å². The lowest BCUT2D eigenvalue weighted by molar-refractivity contribution is 0.0473. The van der Waals surface area contributed by atoms with Crippen molar-refractivity contribution < 1.29 is 15.0 Å². The summed E-state index contributed by atoms with van der Waals surface area (Å²) in [6.45, 7) is 3.31. The monoisotopic (exact) mass is 257 g/mol. The molecule has 0 unspecified atom stereocenters. The Morgan fingerprint density at radius 1 is 1.47 bits per heavy atom. The van der Waals surface area contributed by atoms with E-state index in [2.05, 4.69) is 0 Å². The Morgan fingerprint density at radius 2 is 2.06 bits per heavy atom. The van der Waals surface area contributed by atoms with Gasteiger partial charge in [-0.15, -0.1) is 0 Å². The summed E-state index contributed by atoms with van der Waals surface area (Å²) in [7, 11) is 1.58. The van der Waals surface area contributed by atoms with Crippen LogP contribution in [-0.4, -0.2) is 40.2 Å². The molecule has 0 aliphatic heterocycles. The van der Waals surface area contributed by atoms with Crippen molar-refractivity contribution >= 4 is 17.5 Å². The fraction of sp³-hybridized carbons (Fsp3) is 0.417. The highest BCUT2D eigenvalue weighted by Crippen LogP contribution is 2.24. The number of phenols is 1. The molecule has 0 aliphatic rings. The molecule has 0 bridgehead atoms. The normalized spacial score (nSPS) is 11.4. The van der Waals surface area contributed by atoms with Gasteiger partial charge in [-0.2, -0.15) is 0 Å². The average molecular weight is 258 g/mol. The molecule has 0 spiro atoms. The van der Waals surface area contributed by atoms with Gasteiger partial charge in [-0.1, -0.05) is 11.6 Å². The number of aromatic hydroxyl groups is 1. The van der Waals surface area contributed by atoms with E-state index in [1.165, 1.54) is 23.1 Å². The average Bonchev–Trinajstić information content (AvgIpc) is 2.30. The molecular weight excluding hydrogens is 242 g/mol. The van der Waals surface area contributed by atoms with Crippen molar-refractivity contribution in [2.45, 2.75) is 19.4 Å². The summed E-state index contributed by atoms with van der Waals surface area (Å²) in [6, 6.07) is 4.19. The Hall–Kier alpha value is -1.26. The molecule has 1 rings (SSSR count). The van der Waals surface area contributed by atoms with Gasteiger partial charge >= 0.3 is 0 Å². The van der Waals surface area contributed by atoms with E-state index >= 15 is 0 Å². The van der Waals surface area contributed by atoms with Gasteiger partial charge in [0.1, 0.15) is 5.75 Å². The first-order valence-electron chi connectivity index (χ1n) is 5.17. The molecule has 17 heavy (non-hydrogen) atoms. The number of amides is 1. The van der Waals surface area contributed by atoms with Crippen LogP contribution in [0.25, 0.3) is 0 Å². The largest absolute Gasteiger partial charge is 0.508 e. The number of hydrogen-bond donors (Lipinski definition) is 2. The summed E-state index contributed by atoms with van der Waals surface area (Å²) < 4.78 is 0. The predicted octanol–water partition coefficient (Wildman–Crippen LogP) is 1.89. The number of carbonyl (C=O) groups is 1. The second-order valence-electron chi connectivity index (χ2n) is 4.50. The SMILES string of the molecule is CN(C(=O)c1cc(O)ccc1Cl)C(C)(C)CO. The first-order chi connectivity index (χ1) is 7.79. The molecule has 1 aromatic rings. The summed E-state index contributed by atoms with van der Waals surface area (Å²) in [4.78, 5) is 13.5. The van der Waals surface area contributed by atoms with E-state index in [1.54, 1.807) is 20.9 Å². The van der Waals surface area contributed by atoms with Crippen LogP contribution in [0.4, 0.5) is 0 Å². The second kappa shape index (κ2) is 4.94. The maximum Gasteiger partial charge on any atom is 0.255 e. The zero-order valence-electron chi connectivity index (χ0n) is 10.1. The molecule has 0 saturated carbocycles. The molecule has 5 heteroatoms. The van der Waals surface area contributed by atoms with E-state index in [0.29, 0.717) is 0 Å². The van der Waals surface area contributed by atoms with Crippen LogP contribution in [0.3, 0.4) is 0 Å². The Bertz CT molecular complexity index is 432. The third-order valence-electron chi connectivity index (χ3n) is 2.78. The number of benzene rings is 1. The third-order valence-corrected chi connectivity index (χ3v) is 3.11. The van der Waals surface area contributed by atoms with E-state index in [0.717, 1.165) is 0 Å². The Balaban J connectivity index is 3.08. The lowest BCUT2D eigenvalue weighted by atomic mass is 10.0. The molecule has 0 saturated heterocycles. The highest BCUT2D eigenvalue weighted by Gasteiger charge is 2.28. The summed E-state index contributed by atoms with van der Waals surface area (Å²) in [5.74, 6) is -0.363. The number of hydrogen-bond acceptors (Lipinski definition) is 3. The number of phenolic OH excluding ortho intramolecular Hbond substituents is 1. The minimum absolute atomic E-state index is 0.0204. The highest BCUT2D eigenvalue weighted by atomic mass is 35.5. The van der Waals surface area contributed by atoms with Crippen LogP contribution in [0.15, 0.2) is 18.2 Å². The van der Waals surface area contributed by atoms with Gasteiger partial charge in [-0.05, 0) is 32.0 Å². The molecule has 0 radical (unpaired) electrons. The molecule has 1 amide bonds. The maximum absolute atomic E-state index is 12.1. The number of rotatable bonds is 3. The predicted molar refractivity (Wildman–Crippen MR) is 66.4 cm³/mol. The lowest BCUT2D eigenvalue weighted by Gasteiger charge is -2.34. The van der Waals surface area contributed by atoms with Crippen LogP contribution in [0.2, 0.25) is 5.02 Å². The summed E-state index contributed by atoms with van der Waals surface area (Å²) in [5.41, 5.74) is -0.470. The molecule has 0 aromatic heterocycles. The Morgan fingerprint density at radius 3 is 2.59 bits per heavy atom. The Labute approximate surface area is 105 Å². The summed E-state index contributed by atoms with van der Waals surface area (Å²) in [5, 5.41) is 18.8. The second-order valence-corrected chi connectivity index (χ2v) is 4.91. The molecular formula is C12H16ClNO3. The molecule has 94 valence electrons. The molecule has 0 fully saturated rings. The van der Waals surface area contributed by atoms with Crippen molar-refractivity contribution in [3.63, 3.8) is 0 Å². The standard InChI is InChI=1S/C12H16ClNO3/c1-12(2,7-15)14(3)11(17)9-6-8(16)4-5-10(9)13/h4-6,15-16H,7H2,1-3H3. The number of carbonyl (C=O) groups excluding carboxylic acids is 1. The van der Waals surface area contributed by atoms with Crippen molar-refractivity contribution in [1.29, 1.82) is 0 Å². The van der Waals surface area contributed by atoms with Gasteiger partial charge in [-0.25, -0.2) is 0 Å². The van der Waals surface area contributed by atoms with Gasteiger partial charge < -0.3 is 15.1 Å². The molecule has 4 nitrogen and oxygen atoms in total. The molecule has 0 aliphatic carbocycles. The molecule has 0 atom stereocenters. The summed E-state index contributed by atoms with van der Waals surface area (Å²) in [6.07, 6.45) is 0. The molecule has 0 heterocycles. The minimum atomic E-state index is -0.689. The van der Waals surface area contributed by atoms with Crippen LogP contribution in [0.1, 0.15) is 24.2 Å². The van der Waals surface area contributed by atoms with E-state index in [1.807, 2.05) is 0 Å². The molecule has 1 aromatic carbocycles. The van der Waals surface area contributed by atoms with Crippen molar-refractivity contribution in [2.24, 2.45) is 0 Å². The zero-order chi connectivity index (χ0) is 13.2. The zero-order valence-corrected chi connectivity index (χ0v) is 10.8. The van der Waals surface area contributed by atoms with Gasteiger partial charge in [0.2, 0.25) is 0 Å². The van der Waals surface area contributed by atoms with Crippen LogP contribution >= 0.6 is 11.6 Å². The first kappa shape index (κ1) is 13.8. The number of halogens is 1. The van der Waals surface area contributed by atoms with E-state index in [9.17, 15) is 15.0 Å². The minimum Gasteiger partial charge on any atom is -0.508 e. The van der Waals surface area contributed by atoms with Gasteiger partial charge in [0.15, 0.2) is 0 Å². The van der Waals surface area contributed by atoms with E-state index in [4.69, 9.17) is 11.6 Å². The summed E-state index contributed by atoms with van der Waals surface area (Å²) >= 11 is 5.91. The van der Waals surface area contributed by atoms with Gasteiger partial charge in [0.05, 0.1) is 22.7 Å². The van der Waals surface area contributed by atoms with Crippen molar-refractivity contribution in [2.75, 3.05) is 13.7 Å². The quantitative estimate of drug-likeness (QED) is 0.869. The van der Waals surface area contributed by atoms with Crippen molar-refractivity contribution in [3.8, 4) is 5.75 Å². The van der Waals surface area contributed by atoms with Crippen molar-refractivity contribution in [1.82, 2.24) is 4.90 Å². The van der Waals surface area contributed by atoms with Crippen LogP contribution < -0.4 is 0 Å². The Kier molecular flexibility index (Phi) is 4.01. The number of aliphatic hydroxyl groups is 1. The van der Waals surface area contributed by atoms with Crippen LogP contribution in [0.5, 0.6) is 5.75 Å². The van der Waals surface area contributed by atoms with Crippen LogP contribution in [-0.2, 0) is 0 Å². The fourth-order valence-corrected chi connectivity index (χ4v) is 1.44. The highest BCUT2D eigenvalue weighted by molar-refractivity contribution is 6.33. The third kappa shape index (κ3) is 2.90. The van der Waals surface area contributed by atoms with Crippen LogP contribution in [0, 0.1) is 0 Å². The fourth-order valence-electron chi connectivity index (χ4n) is 1.24. The van der Waals surface area contributed by atoms with Crippen molar-refractivity contribution in [3.05, 3.63) is 28.8 Å². The smallest absolute Gasteiger partial charge is 0.255 e. The number of nitrogens with zero attached hydrogens (tertiary/aromatic N) is 1. The van der Waals surface area contributed by atoms with E-state index < -0.39 is 5.54 Å². The van der Waals surface area contributed by atoms with E-state index in [-0.39, 0.29) is 28.8 Å².